The molecule has 0 N–H and O–H groups in total. The molecule has 0 bridgehead atoms. The number of benzene rings is 1. The predicted molar refractivity (Wildman–Crippen MR) is 68.5 cm³/mol. The molecule has 4 nitrogen and oxygen atoms in total. The number of hydrogen-bond donors (Lipinski definition) is 0. The Morgan fingerprint density at radius 3 is 2.42 bits per heavy atom. The van der Waals surface area contributed by atoms with E-state index in [1.165, 1.54) is 6.92 Å². The smallest absolute Gasteiger partial charge is 0.321 e. The van der Waals surface area contributed by atoms with Crippen LogP contribution < -0.4 is 0 Å². The fourth-order valence-electron chi connectivity index (χ4n) is 2.84. The topological polar surface area (TPSA) is 60.4 Å². The highest BCUT2D eigenvalue weighted by atomic mass is 16.5. The molecule has 1 fully saturated rings. The van der Waals surface area contributed by atoms with Crippen molar-refractivity contribution in [3.8, 4) is 0 Å². The Balaban J connectivity index is 2.42. The molecule has 0 aliphatic heterocycles. The summed E-state index contributed by atoms with van der Waals surface area (Å²) in [4.78, 5) is 35.3. The van der Waals surface area contributed by atoms with E-state index in [2.05, 4.69) is 0 Å². The Labute approximate surface area is 111 Å². The van der Waals surface area contributed by atoms with Crippen molar-refractivity contribution in [2.75, 3.05) is 6.61 Å². The number of ketones is 1. The third-order valence-corrected chi connectivity index (χ3v) is 3.77. The van der Waals surface area contributed by atoms with Crippen LogP contribution in [0.1, 0.15) is 25.3 Å². The minimum Gasteiger partial charge on any atom is -0.465 e. The summed E-state index contributed by atoms with van der Waals surface area (Å²) in [5, 5.41) is 0. The zero-order chi connectivity index (χ0) is 14.0. The Hall–Kier alpha value is -1.97. The van der Waals surface area contributed by atoms with Gasteiger partial charge in [-0.15, -0.1) is 0 Å². The van der Waals surface area contributed by atoms with Gasteiger partial charge < -0.3 is 9.53 Å². The molecule has 0 spiro atoms. The molecule has 0 aromatic heterocycles. The number of carbonyl (C=O) groups is 3. The normalized spacial score (nSPS) is 28.5. The monoisotopic (exact) mass is 260 g/mol. The molecule has 0 saturated heterocycles. The van der Waals surface area contributed by atoms with Gasteiger partial charge in [0.25, 0.3) is 0 Å². The van der Waals surface area contributed by atoms with Gasteiger partial charge in [0.15, 0.2) is 0 Å². The first-order chi connectivity index (χ1) is 9.10. The van der Waals surface area contributed by atoms with E-state index in [1.807, 2.05) is 30.3 Å². The third kappa shape index (κ3) is 1.87. The molecule has 1 aromatic rings. The van der Waals surface area contributed by atoms with Crippen molar-refractivity contribution in [3.05, 3.63) is 35.9 Å². The average molecular weight is 260 g/mol. The lowest BCUT2D eigenvalue weighted by molar-refractivity contribution is -0.154. The zero-order valence-electron chi connectivity index (χ0n) is 11.0. The molecular weight excluding hydrogens is 244 g/mol. The van der Waals surface area contributed by atoms with E-state index in [0.29, 0.717) is 6.29 Å². The number of rotatable bonds is 5. The van der Waals surface area contributed by atoms with Crippen LogP contribution in [-0.4, -0.2) is 24.6 Å². The van der Waals surface area contributed by atoms with Gasteiger partial charge in [-0.25, -0.2) is 0 Å². The number of aldehydes is 1. The zero-order valence-corrected chi connectivity index (χ0v) is 11.0. The van der Waals surface area contributed by atoms with E-state index < -0.39 is 23.2 Å². The van der Waals surface area contributed by atoms with Crippen LogP contribution in [0.2, 0.25) is 0 Å². The minimum absolute atomic E-state index is 0.195. The Kier molecular flexibility index (Phi) is 3.51. The average Bonchev–Trinajstić information content (AvgIpc) is 3.10. The summed E-state index contributed by atoms with van der Waals surface area (Å²) in [6.45, 7) is 3.22. The lowest BCUT2D eigenvalue weighted by Gasteiger charge is -2.12. The number of Topliss-reactive ketones (excluding diaryl/α,β-unsaturated/α-hetero) is 1. The fourth-order valence-corrected chi connectivity index (χ4v) is 2.84. The van der Waals surface area contributed by atoms with Gasteiger partial charge in [-0.1, -0.05) is 30.3 Å². The van der Waals surface area contributed by atoms with Crippen molar-refractivity contribution in [2.45, 2.75) is 19.8 Å². The first-order valence-electron chi connectivity index (χ1n) is 6.29. The van der Waals surface area contributed by atoms with Crippen LogP contribution in [0, 0.1) is 11.3 Å². The summed E-state index contributed by atoms with van der Waals surface area (Å²) in [6.07, 6.45) is 0.690. The SMILES string of the molecule is CCOC(=O)C1(C(C)=O)[C@H](C=O)[C@H]1c1ccccc1. The summed E-state index contributed by atoms with van der Waals surface area (Å²) in [5.74, 6) is -1.92. The molecule has 1 unspecified atom stereocenters. The first kappa shape index (κ1) is 13.5. The highest BCUT2D eigenvalue weighted by Gasteiger charge is 2.74. The van der Waals surface area contributed by atoms with Crippen molar-refractivity contribution < 1.29 is 19.1 Å². The highest BCUT2D eigenvalue weighted by molar-refractivity contribution is 6.11. The molecule has 2 rings (SSSR count). The van der Waals surface area contributed by atoms with E-state index in [4.69, 9.17) is 4.74 Å². The van der Waals surface area contributed by atoms with Gasteiger partial charge in [0.2, 0.25) is 0 Å². The standard InChI is InChI=1S/C15H16O4/c1-3-19-14(18)15(10(2)17)12(9-16)13(15)11-7-5-4-6-8-11/h4-9,12-13H,3H2,1-2H3/t12-,13-,15?/m1/s1. The van der Waals surface area contributed by atoms with E-state index in [9.17, 15) is 14.4 Å². The van der Waals surface area contributed by atoms with Crippen LogP contribution in [0.25, 0.3) is 0 Å². The molecular formula is C15H16O4. The number of ether oxygens (including phenoxy) is 1. The number of carbonyl (C=O) groups excluding carboxylic acids is 3. The molecule has 0 amide bonds. The second-order valence-electron chi connectivity index (χ2n) is 4.70. The molecule has 1 aromatic carbocycles. The molecule has 4 heteroatoms. The molecule has 0 radical (unpaired) electrons. The Bertz CT molecular complexity index is 508. The first-order valence-corrected chi connectivity index (χ1v) is 6.29. The van der Waals surface area contributed by atoms with Crippen molar-refractivity contribution in [1.29, 1.82) is 0 Å². The Morgan fingerprint density at radius 1 is 1.32 bits per heavy atom. The van der Waals surface area contributed by atoms with Gasteiger partial charge in [-0.3, -0.25) is 9.59 Å². The molecule has 1 aliphatic rings. The van der Waals surface area contributed by atoms with Crippen LogP contribution in [0.5, 0.6) is 0 Å². The van der Waals surface area contributed by atoms with Crippen LogP contribution in [0.4, 0.5) is 0 Å². The predicted octanol–water partition coefficient (Wildman–Crippen LogP) is 1.74. The number of esters is 1. The van der Waals surface area contributed by atoms with Crippen molar-refractivity contribution in [2.24, 2.45) is 11.3 Å². The van der Waals surface area contributed by atoms with Crippen LogP contribution >= 0.6 is 0 Å². The summed E-state index contributed by atoms with van der Waals surface area (Å²) in [7, 11) is 0. The second kappa shape index (κ2) is 4.96. The summed E-state index contributed by atoms with van der Waals surface area (Å²) < 4.78 is 5.00. The maximum atomic E-state index is 12.1. The molecule has 3 atom stereocenters. The minimum atomic E-state index is -1.32. The van der Waals surface area contributed by atoms with E-state index in [-0.39, 0.29) is 12.4 Å². The number of hydrogen-bond acceptors (Lipinski definition) is 4. The largest absolute Gasteiger partial charge is 0.465 e. The molecule has 19 heavy (non-hydrogen) atoms. The van der Waals surface area contributed by atoms with E-state index in [1.54, 1.807) is 6.92 Å². The third-order valence-electron chi connectivity index (χ3n) is 3.77. The van der Waals surface area contributed by atoms with Crippen LogP contribution in [0.3, 0.4) is 0 Å². The summed E-state index contributed by atoms with van der Waals surface area (Å²) >= 11 is 0. The lowest BCUT2D eigenvalue weighted by Crippen LogP contribution is -2.29. The maximum absolute atomic E-state index is 12.1. The van der Waals surface area contributed by atoms with E-state index >= 15 is 0 Å². The van der Waals surface area contributed by atoms with Gasteiger partial charge in [0.1, 0.15) is 17.5 Å². The van der Waals surface area contributed by atoms with E-state index in [0.717, 1.165) is 5.56 Å². The maximum Gasteiger partial charge on any atom is 0.321 e. The highest BCUT2D eigenvalue weighted by Crippen LogP contribution is 2.65. The van der Waals surface area contributed by atoms with Crippen LogP contribution in [-0.2, 0) is 19.1 Å². The molecule has 0 heterocycles. The molecule has 1 aliphatic carbocycles. The quantitative estimate of drug-likeness (QED) is 0.459. The van der Waals surface area contributed by atoms with Gasteiger partial charge in [0.05, 0.1) is 6.61 Å². The lowest BCUT2D eigenvalue weighted by atomic mass is 9.94. The summed E-state index contributed by atoms with van der Waals surface area (Å²) in [6, 6.07) is 9.15. The van der Waals surface area contributed by atoms with Gasteiger partial charge >= 0.3 is 5.97 Å². The van der Waals surface area contributed by atoms with Crippen molar-refractivity contribution >= 4 is 18.0 Å². The van der Waals surface area contributed by atoms with Gasteiger partial charge in [-0.05, 0) is 19.4 Å². The summed E-state index contributed by atoms with van der Waals surface area (Å²) in [5.41, 5.74) is -0.498. The fraction of sp³-hybridized carbons (Fsp3) is 0.400. The molecule has 1 saturated carbocycles. The van der Waals surface area contributed by atoms with Gasteiger partial charge in [0, 0.05) is 11.8 Å². The van der Waals surface area contributed by atoms with Crippen molar-refractivity contribution in [3.63, 3.8) is 0 Å². The van der Waals surface area contributed by atoms with Crippen LogP contribution in [0.15, 0.2) is 30.3 Å². The Morgan fingerprint density at radius 2 is 1.95 bits per heavy atom. The van der Waals surface area contributed by atoms with Gasteiger partial charge in [-0.2, -0.15) is 0 Å². The molecule has 100 valence electrons. The second-order valence-corrected chi connectivity index (χ2v) is 4.70. The van der Waals surface area contributed by atoms with Crippen molar-refractivity contribution in [1.82, 2.24) is 0 Å².